The number of anilines is 4. The molecule has 0 amide bonds. The number of aromatic nitrogens is 4. The van der Waals surface area contributed by atoms with Gasteiger partial charge in [-0.3, -0.25) is 4.68 Å². The van der Waals surface area contributed by atoms with Crippen molar-refractivity contribution in [1.29, 1.82) is 0 Å². The Morgan fingerprint density at radius 3 is 2.79 bits per heavy atom. The van der Waals surface area contributed by atoms with Crippen molar-refractivity contribution in [2.75, 3.05) is 17.2 Å². The third-order valence-corrected chi connectivity index (χ3v) is 5.96. The topological polar surface area (TPSA) is 79.7 Å². The van der Waals surface area contributed by atoms with Gasteiger partial charge in [0.2, 0.25) is 5.95 Å². The number of rotatable bonds is 7. The smallest absolute Gasteiger partial charge is 0.229 e. The summed E-state index contributed by atoms with van der Waals surface area (Å²) >= 11 is 6.14. The molecule has 0 spiro atoms. The van der Waals surface area contributed by atoms with E-state index < -0.39 is 0 Å². The minimum absolute atomic E-state index is 0.489. The molecule has 0 aliphatic carbocycles. The molecular formula is C26H28ClN7. The van der Waals surface area contributed by atoms with Crippen molar-refractivity contribution >= 4 is 34.7 Å². The lowest BCUT2D eigenvalue weighted by Crippen LogP contribution is -2.23. The van der Waals surface area contributed by atoms with Crippen LogP contribution in [0.15, 0.2) is 61.1 Å². The predicted molar refractivity (Wildman–Crippen MR) is 138 cm³/mol. The third-order valence-electron chi connectivity index (χ3n) is 5.72. The van der Waals surface area contributed by atoms with E-state index in [2.05, 4.69) is 58.1 Å². The Balaban J connectivity index is 1.49. The molecule has 1 aliphatic rings. The normalized spacial score (nSPS) is 13.1. The van der Waals surface area contributed by atoms with Crippen LogP contribution in [-0.2, 0) is 19.5 Å². The second-order valence-electron chi connectivity index (χ2n) is 8.97. The van der Waals surface area contributed by atoms with Crippen molar-refractivity contribution in [3.05, 3.63) is 77.2 Å². The molecule has 3 N–H and O–H groups in total. The Morgan fingerprint density at radius 1 is 1.06 bits per heavy atom. The Hall–Kier alpha value is -3.42. The van der Waals surface area contributed by atoms with Crippen LogP contribution in [0.5, 0.6) is 0 Å². The fraction of sp³-hybridized carbons (Fsp3) is 0.269. The second-order valence-corrected chi connectivity index (χ2v) is 9.41. The molecule has 4 aromatic rings. The summed E-state index contributed by atoms with van der Waals surface area (Å²) in [6.45, 7) is 7.12. The maximum atomic E-state index is 6.14. The highest BCUT2D eigenvalue weighted by atomic mass is 35.5. The first-order valence-electron chi connectivity index (χ1n) is 11.6. The van der Waals surface area contributed by atoms with E-state index in [1.807, 2.05) is 47.5 Å². The Morgan fingerprint density at radius 2 is 1.94 bits per heavy atom. The van der Waals surface area contributed by atoms with Gasteiger partial charge in [0.1, 0.15) is 5.82 Å². The highest BCUT2D eigenvalue weighted by molar-refractivity contribution is 6.30. The number of hydrogen-bond acceptors (Lipinski definition) is 6. The standard InChI is InChI=1S/C26H28ClN7/c1-17(2)15-34-16-20(13-30-34)24-14-29-26(32-22-5-3-4-21(27)11-22)33-25(24)31-23-7-6-18-8-9-28-12-19(18)10-23/h3-7,10-11,13-14,16-17,28H,8-9,12,15H2,1-2H3,(H2,29,31,32,33). The number of fused-ring (bicyclic) bond motifs is 1. The predicted octanol–water partition coefficient (Wildman–Crippen LogP) is 5.78. The lowest BCUT2D eigenvalue weighted by atomic mass is 10.0. The molecule has 174 valence electrons. The van der Waals surface area contributed by atoms with Crippen LogP contribution in [-0.4, -0.2) is 26.3 Å². The van der Waals surface area contributed by atoms with Crippen LogP contribution in [0.3, 0.4) is 0 Å². The van der Waals surface area contributed by atoms with E-state index in [9.17, 15) is 0 Å². The van der Waals surface area contributed by atoms with E-state index in [-0.39, 0.29) is 0 Å². The van der Waals surface area contributed by atoms with Crippen LogP contribution in [0, 0.1) is 5.92 Å². The lowest BCUT2D eigenvalue weighted by Gasteiger charge is -2.19. The molecule has 0 atom stereocenters. The average molecular weight is 474 g/mol. The molecule has 3 heterocycles. The largest absolute Gasteiger partial charge is 0.340 e. The fourth-order valence-electron chi connectivity index (χ4n) is 4.12. The molecule has 2 aromatic heterocycles. The van der Waals surface area contributed by atoms with Gasteiger partial charge in [-0.05, 0) is 60.3 Å². The van der Waals surface area contributed by atoms with Crippen molar-refractivity contribution in [1.82, 2.24) is 25.1 Å². The number of halogens is 1. The lowest BCUT2D eigenvalue weighted by molar-refractivity contribution is 0.483. The van der Waals surface area contributed by atoms with Crippen molar-refractivity contribution in [2.24, 2.45) is 5.92 Å². The summed E-state index contributed by atoms with van der Waals surface area (Å²) in [6, 6.07) is 14.0. The molecule has 0 unspecified atom stereocenters. The summed E-state index contributed by atoms with van der Waals surface area (Å²) < 4.78 is 1.96. The molecule has 0 radical (unpaired) electrons. The number of nitrogens with one attached hydrogen (secondary N) is 3. The van der Waals surface area contributed by atoms with Crippen molar-refractivity contribution in [3.8, 4) is 11.1 Å². The SMILES string of the molecule is CC(C)Cn1cc(-c2cnc(Nc3cccc(Cl)c3)nc2Nc2ccc3c(c2)CNCC3)cn1. The van der Waals surface area contributed by atoms with Crippen LogP contribution in [0.2, 0.25) is 5.02 Å². The first kappa shape index (κ1) is 22.4. The first-order valence-corrected chi connectivity index (χ1v) is 11.9. The molecule has 34 heavy (non-hydrogen) atoms. The maximum absolute atomic E-state index is 6.14. The number of nitrogens with zero attached hydrogens (tertiary/aromatic N) is 4. The highest BCUT2D eigenvalue weighted by Gasteiger charge is 2.15. The van der Waals surface area contributed by atoms with E-state index in [4.69, 9.17) is 16.6 Å². The van der Waals surface area contributed by atoms with Crippen LogP contribution >= 0.6 is 11.6 Å². The zero-order valence-corrected chi connectivity index (χ0v) is 20.1. The molecule has 0 saturated heterocycles. The summed E-state index contributed by atoms with van der Waals surface area (Å²) in [4.78, 5) is 9.39. The third kappa shape index (κ3) is 5.21. The quantitative estimate of drug-likeness (QED) is 0.315. The Bertz CT molecular complexity index is 1300. The summed E-state index contributed by atoms with van der Waals surface area (Å²) in [5.41, 5.74) is 6.39. The van der Waals surface area contributed by atoms with Crippen LogP contribution in [0.1, 0.15) is 25.0 Å². The van der Waals surface area contributed by atoms with E-state index in [1.54, 1.807) is 0 Å². The fourth-order valence-corrected chi connectivity index (χ4v) is 4.31. The number of benzene rings is 2. The zero-order valence-electron chi connectivity index (χ0n) is 19.3. The first-order chi connectivity index (χ1) is 16.5. The summed E-state index contributed by atoms with van der Waals surface area (Å²) in [5.74, 6) is 1.71. The van der Waals surface area contributed by atoms with Crippen LogP contribution < -0.4 is 16.0 Å². The second kappa shape index (κ2) is 9.83. The van der Waals surface area contributed by atoms with Gasteiger partial charge >= 0.3 is 0 Å². The van der Waals surface area contributed by atoms with Gasteiger partial charge in [-0.15, -0.1) is 0 Å². The van der Waals surface area contributed by atoms with Gasteiger partial charge in [-0.2, -0.15) is 10.1 Å². The van der Waals surface area contributed by atoms with Gasteiger partial charge in [0, 0.05) is 53.0 Å². The minimum Gasteiger partial charge on any atom is -0.340 e. The van der Waals surface area contributed by atoms with E-state index in [0.29, 0.717) is 22.7 Å². The van der Waals surface area contributed by atoms with Crippen molar-refractivity contribution in [2.45, 2.75) is 33.4 Å². The highest BCUT2D eigenvalue weighted by Crippen LogP contribution is 2.31. The molecule has 0 bridgehead atoms. The van der Waals surface area contributed by atoms with Gasteiger partial charge in [0.25, 0.3) is 0 Å². The molecule has 7 nitrogen and oxygen atoms in total. The minimum atomic E-state index is 0.489. The van der Waals surface area contributed by atoms with Gasteiger partial charge in [-0.1, -0.05) is 37.6 Å². The summed E-state index contributed by atoms with van der Waals surface area (Å²) in [7, 11) is 0. The Kier molecular flexibility index (Phi) is 6.47. The number of hydrogen-bond donors (Lipinski definition) is 3. The average Bonchev–Trinajstić information content (AvgIpc) is 3.27. The molecule has 0 saturated carbocycles. The summed E-state index contributed by atoms with van der Waals surface area (Å²) in [5, 5.41) is 15.4. The molecular weight excluding hydrogens is 446 g/mol. The van der Waals surface area contributed by atoms with Gasteiger partial charge in [0.05, 0.1) is 6.20 Å². The van der Waals surface area contributed by atoms with E-state index >= 15 is 0 Å². The van der Waals surface area contributed by atoms with Crippen LogP contribution in [0.25, 0.3) is 11.1 Å². The maximum Gasteiger partial charge on any atom is 0.229 e. The monoisotopic (exact) mass is 473 g/mol. The molecule has 1 aliphatic heterocycles. The van der Waals surface area contributed by atoms with Gasteiger partial charge < -0.3 is 16.0 Å². The molecule has 5 rings (SSSR count). The van der Waals surface area contributed by atoms with Crippen molar-refractivity contribution < 1.29 is 0 Å². The van der Waals surface area contributed by atoms with Gasteiger partial charge in [0.15, 0.2) is 0 Å². The Labute approximate surface area is 204 Å². The van der Waals surface area contributed by atoms with Crippen molar-refractivity contribution in [3.63, 3.8) is 0 Å². The molecule has 2 aromatic carbocycles. The molecule has 0 fully saturated rings. The van der Waals surface area contributed by atoms with Gasteiger partial charge in [-0.25, -0.2) is 4.98 Å². The van der Waals surface area contributed by atoms with Crippen LogP contribution in [0.4, 0.5) is 23.1 Å². The molecule has 8 heteroatoms. The zero-order chi connectivity index (χ0) is 23.5. The summed E-state index contributed by atoms with van der Waals surface area (Å²) in [6.07, 6.45) is 6.80. The van der Waals surface area contributed by atoms with E-state index in [1.165, 1.54) is 11.1 Å². The van der Waals surface area contributed by atoms with E-state index in [0.717, 1.165) is 48.6 Å².